The number of carbonyl (C=O) groups excluding carboxylic acids is 2. The number of methoxy groups -OCH3 is 1. The number of nitrogens with zero attached hydrogens (tertiary/aromatic N) is 1. The minimum absolute atomic E-state index is 0.0483. The predicted octanol–water partition coefficient (Wildman–Crippen LogP) is 5.13. The molecule has 1 N–H and O–H groups in total. The first-order valence-electron chi connectivity index (χ1n) is 10.7. The van der Waals surface area contributed by atoms with Crippen LogP contribution in [-0.2, 0) is 14.3 Å². The van der Waals surface area contributed by atoms with E-state index in [-0.39, 0.29) is 22.4 Å². The topological polar surface area (TPSA) is 77.1 Å². The molecular weight excluding hydrogens is 515 g/mol. The van der Waals surface area contributed by atoms with Gasteiger partial charge in [-0.25, -0.2) is 4.39 Å². The highest BCUT2D eigenvalue weighted by Crippen LogP contribution is 2.39. The fourth-order valence-electron chi connectivity index (χ4n) is 3.17. The number of rotatable bonds is 11. The highest BCUT2D eigenvalue weighted by Gasteiger charge is 2.31. The number of halogens is 2. The molecule has 1 fully saturated rings. The van der Waals surface area contributed by atoms with Gasteiger partial charge in [-0.15, -0.1) is 0 Å². The quantitative estimate of drug-likeness (QED) is 0.241. The van der Waals surface area contributed by atoms with Crippen LogP contribution in [0.1, 0.15) is 18.9 Å². The number of hydrogen-bond donors (Lipinski definition) is 1. The summed E-state index contributed by atoms with van der Waals surface area (Å²) in [5, 5.41) is 2.64. The Balaban J connectivity index is 1.74. The van der Waals surface area contributed by atoms with Gasteiger partial charge in [0.2, 0.25) is 0 Å². The lowest BCUT2D eigenvalue weighted by atomic mass is 10.1. The van der Waals surface area contributed by atoms with Crippen molar-refractivity contribution in [2.75, 3.05) is 38.8 Å². The van der Waals surface area contributed by atoms with Crippen molar-refractivity contribution in [1.29, 1.82) is 0 Å². The molecule has 0 aromatic heterocycles. The lowest BCUT2D eigenvalue weighted by Crippen LogP contribution is -2.29. The molecule has 11 heteroatoms. The molecule has 1 aliphatic heterocycles. The van der Waals surface area contributed by atoms with Crippen molar-refractivity contribution in [3.63, 3.8) is 0 Å². The van der Waals surface area contributed by atoms with Crippen LogP contribution in [0.25, 0.3) is 6.08 Å². The average Bonchev–Trinajstić information content (AvgIpc) is 3.07. The summed E-state index contributed by atoms with van der Waals surface area (Å²) >= 11 is 13.0. The second-order valence-corrected chi connectivity index (χ2v) is 9.34. The summed E-state index contributed by atoms with van der Waals surface area (Å²) < 4.78 is 30.5. The summed E-state index contributed by atoms with van der Waals surface area (Å²) in [6.45, 7) is 2.71. The molecule has 2 amide bonds. The number of nitrogens with one attached hydrogen (secondary N) is 1. The first-order chi connectivity index (χ1) is 16.8. The summed E-state index contributed by atoms with van der Waals surface area (Å²) in [5.41, 5.74) is 0.658. The van der Waals surface area contributed by atoms with Gasteiger partial charge in [0.1, 0.15) is 10.1 Å². The van der Waals surface area contributed by atoms with E-state index in [2.05, 4.69) is 5.32 Å². The van der Waals surface area contributed by atoms with E-state index in [0.29, 0.717) is 46.7 Å². The third-order valence-electron chi connectivity index (χ3n) is 4.73. The number of hydrogen-bond acceptors (Lipinski definition) is 7. The van der Waals surface area contributed by atoms with Gasteiger partial charge in [-0.05, 0) is 49.2 Å². The highest BCUT2D eigenvalue weighted by atomic mass is 35.5. The molecule has 0 aliphatic carbocycles. The molecule has 2 aromatic carbocycles. The van der Waals surface area contributed by atoms with Crippen LogP contribution >= 0.6 is 35.6 Å². The maximum absolute atomic E-state index is 13.8. The van der Waals surface area contributed by atoms with E-state index in [4.69, 9.17) is 38.0 Å². The van der Waals surface area contributed by atoms with Crippen LogP contribution in [0.15, 0.2) is 41.3 Å². The molecule has 0 spiro atoms. The van der Waals surface area contributed by atoms with Crippen molar-refractivity contribution in [1.82, 2.24) is 4.90 Å². The number of para-hydroxylation sites is 1. The van der Waals surface area contributed by atoms with Gasteiger partial charge in [0.15, 0.2) is 18.1 Å². The lowest BCUT2D eigenvalue weighted by Gasteiger charge is -2.15. The molecule has 186 valence electrons. The third kappa shape index (κ3) is 7.17. The zero-order valence-electron chi connectivity index (χ0n) is 19.1. The average molecular weight is 539 g/mol. The van der Waals surface area contributed by atoms with E-state index in [1.165, 1.54) is 30.0 Å². The standard InChI is InChI=1S/C24H24ClFN2O5S2/c1-3-32-19-12-15(13-20-23(30)28(24(34)35-20)9-6-10-31-2)11-16(25)22(19)33-14-21(29)27-18-8-5-4-7-17(18)26/h4-5,7-8,11-13H,3,6,9-10,14H2,1-2H3,(H,27,29)/b20-13-. The first kappa shape index (κ1) is 26.9. The Hall–Kier alpha value is -2.66. The number of ether oxygens (including phenoxy) is 3. The second kappa shape index (κ2) is 12.9. The number of thiocarbonyl (C=S) groups is 1. The van der Waals surface area contributed by atoms with Crippen LogP contribution in [0.2, 0.25) is 5.02 Å². The number of benzene rings is 2. The van der Waals surface area contributed by atoms with Gasteiger partial charge in [0.05, 0.1) is 22.2 Å². The van der Waals surface area contributed by atoms with Crippen LogP contribution in [0.5, 0.6) is 11.5 Å². The van der Waals surface area contributed by atoms with Crippen molar-refractivity contribution >= 4 is 63.5 Å². The molecule has 0 saturated carbocycles. The highest BCUT2D eigenvalue weighted by molar-refractivity contribution is 8.26. The van der Waals surface area contributed by atoms with E-state index in [1.54, 1.807) is 43.2 Å². The van der Waals surface area contributed by atoms with Crippen molar-refractivity contribution in [2.45, 2.75) is 13.3 Å². The predicted molar refractivity (Wildman–Crippen MR) is 140 cm³/mol. The maximum Gasteiger partial charge on any atom is 0.266 e. The molecule has 0 bridgehead atoms. The van der Waals surface area contributed by atoms with E-state index in [1.807, 2.05) is 0 Å². The number of thioether (sulfide) groups is 1. The Morgan fingerprint density at radius 3 is 2.77 bits per heavy atom. The van der Waals surface area contributed by atoms with E-state index in [0.717, 1.165) is 0 Å². The Bertz CT molecular complexity index is 1140. The molecule has 35 heavy (non-hydrogen) atoms. The fourth-order valence-corrected chi connectivity index (χ4v) is 4.75. The Labute approximate surface area is 217 Å². The fraction of sp³-hybridized carbons (Fsp3) is 0.292. The van der Waals surface area contributed by atoms with Crippen LogP contribution in [0, 0.1) is 5.82 Å². The Morgan fingerprint density at radius 2 is 2.06 bits per heavy atom. The largest absolute Gasteiger partial charge is 0.490 e. The zero-order chi connectivity index (χ0) is 25.4. The van der Waals surface area contributed by atoms with Crippen LogP contribution in [0.4, 0.5) is 10.1 Å². The van der Waals surface area contributed by atoms with E-state index < -0.39 is 18.3 Å². The van der Waals surface area contributed by atoms with Crippen LogP contribution in [-0.4, -0.2) is 54.5 Å². The smallest absolute Gasteiger partial charge is 0.266 e. The molecule has 0 unspecified atom stereocenters. The van der Waals surface area contributed by atoms with Gasteiger partial charge in [-0.3, -0.25) is 14.5 Å². The van der Waals surface area contributed by atoms with Gasteiger partial charge in [-0.1, -0.05) is 47.7 Å². The molecule has 1 saturated heterocycles. The van der Waals surface area contributed by atoms with Crippen molar-refractivity contribution in [2.24, 2.45) is 0 Å². The minimum atomic E-state index is -0.560. The lowest BCUT2D eigenvalue weighted by molar-refractivity contribution is -0.122. The number of carbonyl (C=O) groups is 2. The summed E-state index contributed by atoms with van der Waals surface area (Å²) in [5.74, 6) is -0.825. The molecule has 3 rings (SSSR count). The maximum atomic E-state index is 13.8. The second-order valence-electron chi connectivity index (χ2n) is 7.26. The summed E-state index contributed by atoms with van der Waals surface area (Å²) in [6.07, 6.45) is 2.35. The number of amides is 2. The molecule has 1 heterocycles. The van der Waals surface area contributed by atoms with E-state index in [9.17, 15) is 14.0 Å². The van der Waals surface area contributed by atoms with Gasteiger partial charge >= 0.3 is 0 Å². The van der Waals surface area contributed by atoms with Gasteiger partial charge in [-0.2, -0.15) is 0 Å². The Kier molecular flexibility index (Phi) is 9.91. The molecule has 1 aliphatic rings. The van der Waals surface area contributed by atoms with Gasteiger partial charge in [0, 0.05) is 20.3 Å². The third-order valence-corrected chi connectivity index (χ3v) is 6.39. The zero-order valence-corrected chi connectivity index (χ0v) is 21.5. The summed E-state index contributed by atoms with van der Waals surface area (Å²) in [4.78, 5) is 27.0. The van der Waals surface area contributed by atoms with Crippen LogP contribution < -0.4 is 14.8 Å². The normalized spacial score (nSPS) is 14.5. The Morgan fingerprint density at radius 1 is 1.29 bits per heavy atom. The summed E-state index contributed by atoms with van der Waals surface area (Å²) in [6, 6.07) is 9.09. The monoisotopic (exact) mass is 538 g/mol. The van der Waals surface area contributed by atoms with Crippen molar-refractivity contribution in [3.05, 3.63) is 57.7 Å². The van der Waals surface area contributed by atoms with Crippen molar-refractivity contribution in [3.8, 4) is 11.5 Å². The van der Waals surface area contributed by atoms with E-state index >= 15 is 0 Å². The first-order valence-corrected chi connectivity index (χ1v) is 12.3. The van der Waals surface area contributed by atoms with Gasteiger partial charge in [0.25, 0.3) is 11.8 Å². The molecule has 2 aromatic rings. The number of anilines is 1. The molecule has 0 atom stereocenters. The minimum Gasteiger partial charge on any atom is -0.490 e. The summed E-state index contributed by atoms with van der Waals surface area (Å²) in [7, 11) is 1.60. The van der Waals surface area contributed by atoms with Crippen molar-refractivity contribution < 1.29 is 28.2 Å². The van der Waals surface area contributed by atoms with Gasteiger partial charge < -0.3 is 19.5 Å². The molecule has 7 nitrogen and oxygen atoms in total. The SMILES string of the molecule is CCOc1cc(/C=C2\SC(=S)N(CCCOC)C2=O)cc(Cl)c1OCC(=O)Nc1ccccc1F. The molecular formula is C24H24ClFN2O5S2. The van der Waals surface area contributed by atoms with Crippen LogP contribution in [0.3, 0.4) is 0 Å². The molecule has 0 radical (unpaired) electrons.